The van der Waals surface area contributed by atoms with Gasteiger partial charge in [0.25, 0.3) is 0 Å². The van der Waals surface area contributed by atoms with Gasteiger partial charge in [-0.25, -0.2) is 4.79 Å². The van der Waals surface area contributed by atoms with Crippen molar-refractivity contribution in [2.24, 2.45) is 0 Å². The fourth-order valence-corrected chi connectivity index (χ4v) is 2.42. The summed E-state index contributed by atoms with van der Waals surface area (Å²) in [6.07, 6.45) is 0. The zero-order valence-electron chi connectivity index (χ0n) is 13.2. The topological polar surface area (TPSA) is 97.1 Å². The number of halogens is 1. The number of esters is 1. The molecule has 0 saturated carbocycles. The van der Waals surface area contributed by atoms with Crippen molar-refractivity contribution in [3.63, 3.8) is 0 Å². The van der Waals surface area contributed by atoms with Crippen molar-refractivity contribution in [1.82, 2.24) is 0 Å². The van der Waals surface area contributed by atoms with Gasteiger partial charge < -0.3 is 24.7 Å². The van der Waals surface area contributed by atoms with Crippen LogP contribution in [0.25, 0.3) is 0 Å². The molecule has 7 nitrogen and oxygen atoms in total. The first kappa shape index (κ1) is 16.9. The van der Waals surface area contributed by atoms with Crippen LogP contribution in [0.3, 0.4) is 0 Å². The van der Waals surface area contributed by atoms with Gasteiger partial charge in [0.15, 0.2) is 23.9 Å². The second-order valence-electron chi connectivity index (χ2n) is 5.14. The molecule has 0 unspecified atom stereocenters. The molecular formula is C17H14ClNO6. The maximum atomic E-state index is 12.2. The quantitative estimate of drug-likeness (QED) is 0.495. The summed E-state index contributed by atoms with van der Waals surface area (Å²) in [5.74, 6) is 0.126. The number of nitrogen functional groups attached to an aromatic ring is 1. The number of hydrogen-bond acceptors (Lipinski definition) is 7. The predicted octanol–water partition coefficient (Wildman–Crippen LogP) is 2.70. The number of ketones is 1. The average molecular weight is 364 g/mol. The second kappa shape index (κ2) is 6.90. The normalized spacial score (nSPS) is 11.9. The van der Waals surface area contributed by atoms with Gasteiger partial charge in [0, 0.05) is 11.6 Å². The minimum atomic E-state index is -0.743. The number of fused-ring (bicyclic) bond motifs is 1. The Bertz CT molecular complexity index is 851. The molecule has 8 heteroatoms. The molecule has 1 heterocycles. The Hall–Kier alpha value is -2.93. The lowest BCUT2D eigenvalue weighted by molar-refractivity contribution is 0.0471. The molecule has 0 atom stereocenters. The van der Waals surface area contributed by atoms with E-state index >= 15 is 0 Å². The summed E-state index contributed by atoms with van der Waals surface area (Å²) < 4.78 is 20.5. The Labute approximate surface area is 148 Å². The summed E-state index contributed by atoms with van der Waals surface area (Å²) in [7, 11) is 1.39. The smallest absolute Gasteiger partial charge is 0.342 e. The number of anilines is 1. The van der Waals surface area contributed by atoms with Gasteiger partial charge in [-0.3, -0.25) is 4.79 Å². The van der Waals surface area contributed by atoms with Gasteiger partial charge >= 0.3 is 5.97 Å². The monoisotopic (exact) mass is 363 g/mol. The van der Waals surface area contributed by atoms with E-state index in [1.165, 1.54) is 19.2 Å². The average Bonchev–Trinajstić information content (AvgIpc) is 3.08. The van der Waals surface area contributed by atoms with Gasteiger partial charge in [-0.15, -0.1) is 0 Å². The van der Waals surface area contributed by atoms with Crippen LogP contribution >= 0.6 is 11.6 Å². The van der Waals surface area contributed by atoms with E-state index in [9.17, 15) is 9.59 Å². The number of nitrogens with two attached hydrogens (primary N) is 1. The molecule has 2 aromatic rings. The largest absolute Gasteiger partial charge is 0.496 e. The third-order valence-corrected chi connectivity index (χ3v) is 3.89. The lowest BCUT2D eigenvalue weighted by Crippen LogP contribution is -2.15. The van der Waals surface area contributed by atoms with Crippen LogP contribution in [-0.2, 0) is 4.74 Å². The third kappa shape index (κ3) is 3.46. The molecule has 2 aromatic carbocycles. The summed E-state index contributed by atoms with van der Waals surface area (Å²) in [4.78, 5) is 24.4. The van der Waals surface area contributed by atoms with Gasteiger partial charge in [-0.05, 0) is 24.3 Å². The van der Waals surface area contributed by atoms with Gasteiger partial charge in [-0.1, -0.05) is 11.6 Å². The Morgan fingerprint density at radius 1 is 1.20 bits per heavy atom. The van der Waals surface area contributed by atoms with E-state index in [1.54, 1.807) is 18.2 Å². The first-order valence-electron chi connectivity index (χ1n) is 7.22. The lowest BCUT2D eigenvalue weighted by Gasteiger charge is -2.10. The zero-order valence-corrected chi connectivity index (χ0v) is 14.0. The van der Waals surface area contributed by atoms with Gasteiger partial charge in [0.05, 0.1) is 17.8 Å². The fraction of sp³-hybridized carbons (Fsp3) is 0.176. The number of methoxy groups -OCH3 is 1. The van der Waals surface area contributed by atoms with Crippen LogP contribution in [0.15, 0.2) is 30.3 Å². The standard InChI is InChI=1S/C17H14ClNO6/c1-22-15-6-12(19)11(18)5-10(15)17(21)23-7-13(20)9-2-3-14-16(4-9)25-8-24-14/h2-6H,7-8,19H2,1H3. The van der Waals surface area contributed by atoms with Crippen LogP contribution in [0.1, 0.15) is 20.7 Å². The fourth-order valence-electron chi connectivity index (χ4n) is 2.26. The second-order valence-corrected chi connectivity index (χ2v) is 5.55. The summed E-state index contributed by atoms with van der Waals surface area (Å²) >= 11 is 5.92. The van der Waals surface area contributed by atoms with E-state index in [-0.39, 0.29) is 34.6 Å². The molecule has 0 bridgehead atoms. The van der Waals surface area contributed by atoms with Crippen molar-refractivity contribution < 1.29 is 28.5 Å². The summed E-state index contributed by atoms with van der Waals surface area (Å²) in [6, 6.07) is 7.49. The minimum absolute atomic E-state index is 0.0835. The number of hydrogen-bond donors (Lipinski definition) is 1. The van der Waals surface area contributed by atoms with Crippen molar-refractivity contribution in [2.45, 2.75) is 0 Å². The molecule has 0 radical (unpaired) electrons. The molecular weight excluding hydrogens is 350 g/mol. The molecule has 2 N–H and O–H groups in total. The Morgan fingerprint density at radius 3 is 2.72 bits per heavy atom. The Kier molecular flexibility index (Phi) is 4.67. The highest BCUT2D eigenvalue weighted by atomic mass is 35.5. The van der Waals surface area contributed by atoms with Crippen molar-refractivity contribution in [1.29, 1.82) is 0 Å². The highest BCUT2D eigenvalue weighted by Crippen LogP contribution is 2.33. The number of carbonyl (C=O) groups excluding carboxylic acids is 2. The maximum absolute atomic E-state index is 12.2. The van der Waals surface area contributed by atoms with Crippen molar-refractivity contribution in [2.75, 3.05) is 26.2 Å². The Morgan fingerprint density at radius 2 is 1.96 bits per heavy atom. The van der Waals surface area contributed by atoms with Crippen LogP contribution in [-0.4, -0.2) is 32.3 Å². The first-order chi connectivity index (χ1) is 12.0. The molecule has 1 aliphatic rings. The highest BCUT2D eigenvalue weighted by Gasteiger charge is 2.20. The SMILES string of the molecule is COc1cc(N)c(Cl)cc1C(=O)OCC(=O)c1ccc2c(c1)OCO2. The summed E-state index contributed by atoms with van der Waals surface area (Å²) in [6.45, 7) is -0.330. The van der Waals surface area contributed by atoms with Gasteiger partial charge in [-0.2, -0.15) is 0 Å². The number of rotatable bonds is 5. The maximum Gasteiger partial charge on any atom is 0.342 e. The molecule has 0 amide bonds. The summed E-state index contributed by atoms with van der Waals surface area (Å²) in [5, 5.41) is 0.190. The summed E-state index contributed by atoms with van der Waals surface area (Å²) in [5.41, 5.74) is 6.37. The molecule has 1 aliphatic heterocycles. The molecule has 3 rings (SSSR count). The van der Waals surface area contributed by atoms with Crippen molar-refractivity contribution in [3.05, 3.63) is 46.5 Å². The first-order valence-corrected chi connectivity index (χ1v) is 7.60. The van der Waals surface area contributed by atoms with E-state index in [0.717, 1.165) is 0 Å². The molecule has 0 aromatic heterocycles. The number of ether oxygens (including phenoxy) is 4. The van der Waals surface area contributed by atoms with E-state index in [1.807, 2.05) is 0 Å². The predicted molar refractivity (Wildman–Crippen MR) is 89.6 cm³/mol. The van der Waals surface area contributed by atoms with Crippen LogP contribution < -0.4 is 19.9 Å². The minimum Gasteiger partial charge on any atom is -0.496 e. The van der Waals surface area contributed by atoms with Crippen LogP contribution in [0.2, 0.25) is 5.02 Å². The van der Waals surface area contributed by atoms with Gasteiger partial charge in [0.2, 0.25) is 6.79 Å². The molecule has 0 saturated heterocycles. The van der Waals surface area contributed by atoms with E-state index < -0.39 is 12.6 Å². The number of carbonyl (C=O) groups is 2. The third-order valence-electron chi connectivity index (χ3n) is 3.57. The van der Waals surface area contributed by atoms with Crippen molar-refractivity contribution >= 4 is 29.0 Å². The van der Waals surface area contributed by atoms with Crippen molar-refractivity contribution in [3.8, 4) is 17.2 Å². The lowest BCUT2D eigenvalue weighted by atomic mass is 10.1. The number of Topliss-reactive ketones (excluding diaryl/α,β-unsaturated/α-hetero) is 1. The molecule has 0 spiro atoms. The highest BCUT2D eigenvalue weighted by molar-refractivity contribution is 6.33. The van der Waals surface area contributed by atoms with E-state index in [0.29, 0.717) is 17.1 Å². The van der Waals surface area contributed by atoms with Crippen LogP contribution in [0, 0.1) is 0 Å². The molecule has 0 fully saturated rings. The van der Waals surface area contributed by atoms with Crippen LogP contribution in [0.5, 0.6) is 17.2 Å². The zero-order chi connectivity index (χ0) is 18.0. The molecule has 25 heavy (non-hydrogen) atoms. The van der Waals surface area contributed by atoms with E-state index in [4.69, 9.17) is 36.3 Å². The molecule has 0 aliphatic carbocycles. The Balaban J connectivity index is 1.70. The van der Waals surface area contributed by atoms with E-state index in [2.05, 4.69) is 0 Å². The van der Waals surface area contributed by atoms with Crippen LogP contribution in [0.4, 0.5) is 5.69 Å². The van der Waals surface area contributed by atoms with Gasteiger partial charge in [0.1, 0.15) is 11.3 Å². The molecule has 130 valence electrons. The number of benzene rings is 2.